The number of rotatable bonds is 5. The van der Waals surface area contributed by atoms with E-state index in [1.165, 1.54) is 16.7 Å². The summed E-state index contributed by atoms with van der Waals surface area (Å²) in [5.74, 6) is -0.932. The first-order valence-electron chi connectivity index (χ1n) is 12.0. The Morgan fingerprint density at radius 2 is 0.917 bits per heavy atom. The Morgan fingerprint density at radius 3 is 1.31 bits per heavy atom. The standard InChI is InChI=1S/C33H27NO2/c1-22-4-10-25(11-5-22)29-20-31(26-12-6-23(2)7-13-26)34(30-18-16-28(17-19-30)33(35)36)32(21-29)27-14-8-24(3)9-15-27/h4-21H,1-3H3/p+1. The number of aromatic nitrogens is 1. The van der Waals surface area contributed by atoms with Crippen molar-refractivity contribution in [2.75, 3.05) is 0 Å². The summed E-state index contributed by atoms with van der Waals surface area (Å²) < 4.78 is 2.22. The minimum atomic E-state index is -0.932. The number of carbonyl (C=O) groups is 1. The van der Waals surface area contributed by atoms with E-state index >= 15 is 0 Å². The van der Waals surface area contributed by atoms with Gasteiger partial charge in [0.25, 0.3) is 0 Å². The van der Waals surface area contributed by atoms with Crippen LogP contribution in [-0.2, 0) is 0 Å². The molecule has 0 aliphatic heterocycles. The fourth-order valence-electron chi connectivity index (χ4n) is 4.41. The predicted molar refractivity (Wildman–Crippen MR) is 145 cm³/mol. The lowest BCUT2D eigenvalue weighted by Crippen LogP contribution is -2.36. The molecule has 36 heavy (non-hydrogen) atoms. The number of pyridine rings is 1. The molecule has 0 bridgehead atoms. The van der Waals surface area contributed by atoms with Crippen molar-refractivity contribution >= 4 is 5.97 Å². The molecule has 3 heteroatoms. The molecule has 1 aromatic heterocycles. The van der Waals surface area contributed by atoms with E-state index in [9.17, 15) is 9.90 Å². The lowest BCUT2D eigenvalue weighted by molar-refractivity contribution is -0.572. The molecule has 176 valence electrons. The summed E-state index contributed by atoms with van der Waals surface area (Å²) in [7, 11) is 0. The highest BCUT2D eigenvalue weighted by atomic mass is 16.4. The van der Waals surface area contributed by atoms with Gasteiger partial charge in [-0.15, -0.1) is 0 Å². The predicted octanol–water partition coefficient (Wildman–Crippen LogP) is 7.59. The maximum Gasteiger partial charge on any atom is 0.335 e. The summed E-state index contributed by atoms with van der Waals surface area (Å²) in [6, 6.07) is 37.2. The second kappa shape index (κ2) is 9.63. The molecular formula is C33H28NO2+. The molecule has 0 spiro atoms. The van der Waals surface area contributed by atoms with Gasteiger partial charge in [0, 0.05) is 35.4 Å². The van der Waals surface area contributed by atoms with Crippen molar-refractivity contribution in [2.24, 2.45) is 0 Å². The van der Waals surface area contributed by atoms with E-state index in [1.807, 2.05) is 12.1 Å². The van der Waals surface area contributed by atoms with Crippen molar-refractivity contribution in [2.45, 2.75) is 20.8 Å². The van der Waals surface area contributed by atoms with Gasteiger partial charge in [0.1, 0.15) is 0 Å². The molecule has 0 atom stereocenters. The maximum atomic E-state index is 11.5. The molecule has 0 unspecified atom stereocenters. The summed E-state index contributed by atoms with van der Waals surface area (Å²) >= 11 is 0. The van der Waals surface area contributed by atoms with Crippen molar-refractivity contribution in [3.63, 3.8) is 0 Å². The van der Waals surface area contributed by atoms with Crippen molar-refractivity contribution < 1.29 is 14.5 Å². The van der Waals surface area contributed by atoms with Gasteiger partial charge in [0.2, 0.25) is 17.1 Å². The van der Waals surface area contributed by atoms with Crippen molar-refractivity contribution in [3.05, 3.63) is 131 Å². The van der Waals surface area contributed by atoms with E-state index in [4.69, 9.17) is 0 Å². The molecule has 0 amide bonds. The fraction of sp³-hybridized carbons (Fsp3) is 0.0909. The number of hydrogen-bond donors (Lipinski definition) is 1. The fourth-order valence-corrected chi connectivity index (χ4v) is 4.41. The number of aromatic carboxylic acids is 1. The van der Waals surface area contributed by atoms with Crippen LogP contribution >= 0.6 is 0 Å². The van der Waals surface area contributed by atoms with Gasteiger partial charge in [0.15, 0.2) is 0 Å². The minimum Gasteiger partial charge on any atom is -0.478 e. The second-order valence-corrected chi connectivity index (χ2v) is 9.30. The quantitative estimate of drug-likeness (QED) is 0.269. The maximum absolute atomic E-state index is 11.5. The van der Waals surface area contributed by atoms with E-state index < -0.39 is 5.97 Å². The highest BCUT2D eigenvalue weighted by molar-refractivity contribution is 5.87. The number of carboxylic acids is 1. The molecule has 4 aromatic carbocycles. The normalized spacial score (nSPS) is 10.9. The van der Waals surface area contributed by atoms with Gasteiger partial charge in [0.05, 0.1) is 5.56 Å². The Labute approximate surface area is 212 Å². The third-order valence-corrected chi connectivity index (χ3v) is 6.52. The number of hydrogen-bond acceptors (Lipinski definition) is 1. The molecule has 5 aromatic rings. The number of carboxylic acid groups (broad SMARTS) is 1. The van der Waals surface area contributed by atoms with Gasteiger partial charge < -0.3 is 5.11 Å². The van der Waals surface area contributed by atoms with Gasteiger partial charge in [-0.05, 0) is 68.3 Å². The van der Waals surface area contributed by atoms with Crippen molar-refractivity contribution in [1.29, 1.82) is 0 Å². The third kappa shape index (κ3) is 4.69. The SMILES string of the molecule is Cc1ccc(-c2cc(-c3ccc(C)cc3)[n+](-c3ccc(C(=O)O)cc3)c(-c3ccc(C)cc3)c2)cc1. The van der Waals surface area contributed by atoms with Crippen LogP contribution in [0.25, 0.3) is 39.3 Å². The van der Waals surface area contributed by atoms with Crippen LogP contribution in [-0.4, -0.2) is 11.1 Å². The minimum absolute atomic E-state index is 0.268. The first kappa shape index (κ1) is 23.3. The van der Waals surface area contributed by atoms with Crippen molar-refractivity contribution in [1.82, 2.24) is 0 Å². The average molecular weight is 471 g/mol. The van der Waals surface area contributed by atoms with Gasteiger partial charge in [-0.3, -0.25) is 0 Å². The molecular weight excluding hydrogens is 442 g/mol. The number of nitrogens with zero attached hydrogens (tertiary/aromatic N) is 1. The Bertz CT molecular complexity index is 1460. The second-order valence-electron chi connectivity index (χ2n) is 9.30. The summed E-state index contributed by atoms with van der Waals surface area (Å²) in [4.78, 5) is 11.5. The summed E-state index contributed by atoms with van der Waals surface area (Å²) in [6.45, 7) is 6.27. The molecule has 1 heterocycles. The molecule has 0 aliphatic carbocycles. The average Bonchev–Trinajstić information content (AvgIpc) is 2.89. The van der Waals surface area contributed by atoms with E-state index in [0.29, 0.717) is 0 Å². The first-order valence-corrected chi connectivity index (χ1v) is 12.0. The third-order valence-electron chi connectivity index (χ3n) is 6.52. The Hall–Kier alpha value is -4.50. The summed E-state index contributed by atoms with van der Waals surface area (Å²) in [5, 5.41) is 9.44. The molecule has 1 N–H and O–H groups in total. The molecule has 5 rings (SSSR count). The summed E-state index contributed by atoms with van der Waals surface area (Å²) in [5.41, 5.74) is 11.3. The zero-order chi connectivity index (χ0) is 25.2. The van der Waals surface area contributed by atoms with Crippen LogP contribution < -0.4 is 4.57 Å². The van der Waals surface area contributed by atoms with Gasteiger partial charge in [-0.25, -0.2) is 4.79 Å². The van der Waals surface area contributed by atoms with Crippen LogP contribution in [0.4, 0.5) is 0 Å². The lowest BCUT2D eigenvalue weighted by Gasteiger charge is -2.13. The molecule has 0 radical (unpaired) electrons. The largest absolute Gasteiger partial charge is 0.478 e. The molecule has 0 fully saturated rings. The topological polar surface area (TPSA) is 41.2 Å². The molecule has 0 saturated heterocycles. The highest BCUT2D eigenvalue weighted by Crippen LogP contribution is 2.31. The molecule has 0 aliphatic rings. The Kier molecular flexibility index (Phi) is 6.22. The Morgan fingerprint density at radius 1 is 0.528 bits per heavy atom. The lowest BCUT2D eigenvalue weighted by atomic mass is 9.97. The number of aryl methyl sites for hydroxylation is 3. The first-order chi connectivity index (χ1) is 17.4. The van der Waals surface area contributed by atoms with Crippen LogP contribution in [0.15, 0.2) is 109 Å². The zero-order valence-corrected chi connectivity index (χ0v) is 20.7. The van der Waals surface area contributed by atoms with Crippen LogP contribution in [0.3, 0.4) is 0 Å². The van der Waals surface area contributed by atoms with Gasteiger partial charge >= 0.3 is 5.97 Å². The van der Waals surface area contributed by atoms with E-state index in [0.717, 1.165) is 39.3 Å². The molecule has 3 nitrogen and oxygen atoms in total. The van der Waals surface area contributed by atoms with E-state index in [2.05, 4.69) is 110 Å². The van der Waals surface area contributed by atoms with Crippen molar-refractivity contribution in [3.8, 4) is 39.3 Å². The molecule has 0 saturated carbocycles. The van der Waals surface area contributed by atoms with E-state index in [-0.39, 0.29) is 5.56 Å². The van der Waals surface area contributed by atoms with Gasteiger partial charge in [-0.2, -0.15) is 4.57 Å². The smallest absolute Gasteiger partial charge is 0.335 e. The monoisotopic (exact) mass is 470 g/mol. The van der Waals surface area contributed by atoms with Crippen LogP contribution in [0.5, 0.6) is 0 Å². The number of benzene rings is 4. The van der Waals surface area contributed by atoms with Crippen LogP contribution in [0, 0.1) is 20.8 Å². The zero-order valence-electron chi connectivity index (χ0n) is 20.7. The van der Waals surface area contributed by atoms with E-state index in [1.54, 1.807) is 12.1 Å². The van der Waals surface area contributed by atoms with Gasteiger partial charge in [-0.1, -0.05) is 65.2 Å². The summed E-state index contributed by atoms with van der Waals surface area (Å²) in [6.07, 6.45) is 0. The van der Waals surface area contributed by atoms with Crippen LogP contribution in [0.1, 0.15) is 27.0 Å². The Balaban J connectivity index is 1.84. The highest BCUT2D eigenvalue weighted by Gasteiger charge is 2.25. The van der Waals surface area contributed by atoms with Crippen LogP contribution in [0.2, 0.25) is 0 Å².